The maximum atomic E-state index is 13.4. The van der Waals surface area contributed by atoms with Crippen molar-refractivity contribution in [3.8, 4) is 0 Å². The van der Waals surface area contributed by atoms with Gasteiger partial charge in [0.05, 0.1) is 23.0 Å². The lowest BCUT2D eigenvalue weighted by Crippen LogP contribution is -3.06. The molecule has 0 aliphatic carbocycles. The molecule has 0 unspecified atom stereocenters. The van der Waals surface area contributed by atoms with E-state index in [0.29, 0.717) is 23.0 Å². The number of hydrogen-bond donors (Lipinski definition) is 2. The predicted molar refractivity (Wildman–Crippen MR) is 122 cm³/mol. The molecular weight excluding hydrogens is 388 g/mol. The highest BCUT2D eigenvalue weighted by molar-refractivity contribution is 6.04. The van der Waals surface area contributed by atoms with Crippen molar-refractivity contribution in [2.45, 2.75) is 64.2 Å². The lowest BCUT2D eigenvalue weighted by Gasteiger charge is -2.43. The Kier molecular flexibility index (Phi) is 5.43. The topological polar surface area (TPSA) is 80.6 Å². The summed E-state index contributed by atoms with van der Waals surface area (Å²) < 4.78 is 1.40. The lowest BCUT2D eigenvalue weighted by atomic mass is 9.79. The highest BCUT2D eigenvalue weighted by atomic mass is 16.2. The van der Waals surface area contributed by atoms with E-state index in [1.165, 1.54) is 4.68 Å². The summed E-state index contributed by atoms with van der Waals surface area (Å²) in [7, 11) is 0. The number of rotatable bonds is 4. The molecule has 1 amide bonds. The maximum Gasteiger partial charge on any atom is 0.274 e. The summed E-state index contributed by atoms with van der Waals surface area (Å²) in [6.07, 6.45) is 1.76. The fourth-order valence-electron chi connectivity index (χ4n) is 5.14. The van der Waals surface area contributed by atoms with Crippen LogP contribution in [0.2, 0.25) is 0 Å². The Morgan fingerprint density at radius 1 is 1.00 bits per heavy atom. The van der Waals surface area contributed by atoms with Crippen LogP contribution in [0.1, 0.15) is 56.6 Å². The first-order valence-corrected chi connectivity index (χ1v) is 10.9. The van der Waals surface area contributed by atoms with E-state index in [4.69, 9.17) is 0 Å². The molecule has 4 rings (SSSR count). The second-order valence-electron chi connectivity index (χ2n) is 10.0. The van der Waals surface area contributed by atoms with Gasteiger partial charge in [-0.2, -0.15) is 5.10 Å². The van der Waals surface area contributed by atoms with Gasteiger partial charge in [-0.25, -0.2) is 4.68 Å². The molecule has 0 bridgehead atoms. The summed E-state index contributed by atoms with van der Waals surface area (Å²) in [4.78, 5) is 26.4. The highest BCUT2D eigenvalue weighted by Gasteiger charge is 2.42. The molecular formula is C25H31N4O2+. The Balaban J connectivity index is 1.70. The maximum absolute atomic E-state index is 13.4. The van der Waals surface area contributed by atoms with Crippen LogP contribution in [0.4, 0.5) is 0 Å². The third kappa shape index (κ3) is 4.69. The van der Waals surface area contributed by atoms with Crippen molar-refractivity contribution >= 4 is 16.7 Å². The number of amides is 1. The quantitative estimate of drug-likeness (QED) is 0.682. The van der Waals surface area contributed by atoms with Crippen LogP contribution in [0.15, 0.2) is 59.4 Å². The van der Waals surface area contributed by atoms with Gasteiger partial charge < -0.3 is 10.6 Å². The molecule has 31 heavy (non-hydrogen) atoms. The van der Waals surface area contributed by atoms with Crippen LogP contribution >= 0.6 is 0 Å². The van der Waals surface area contributed by atoms with Crippen LogP contribution in [0.25, 0.3) is 10.8 Å². The average molecular weight is 420 g/mol. The van der Waals surface area contributed by atoms with Gasteiger partial charge >= 0.3 is 0 Å². The highest BCUT2D eigenvalue weighted by Crippen LogP contribution is 2.22. The predicted octanol–water partition coefficient (Wildman–Crippen LogP) is 2.46. The number of nitrogens with two attached hydrogens (primary N) is 1. The van der Waals surface area contributed by atoms with E-state index in [1.54, 1.807) is 12.1 Å². The fraction of sp³-hybridized carbons (Fsp3) is 0.400. The van der Waals surface area contributed by atoms with E-state index < -0.39 is 0 Å². The molecule has 2 aromatic carbocycles. The monoisotopic (exact) mass is 419 g/mol. The first kappa shape index (κ1) is 21.2. The lowest BCUT2D eigenvalue weighted by molar-refractivity contribution is -0.787. The standard InChI is InChI=1S/C25H30N4O2/c1-24(2)14-18(15-25(3,4)28-24)26-22(30)21-19-12-8-9-13-20(19)23(31)29(27-21)16-17-10-6-5-7-11-17/h5-13,18,28H,14-16H2,1-4H3,(H,26,30)/p+1. The van der Waals surface area contributed by atoms with Gasteiger partial charge in [-0.3, -0.25) is 9.59 Å². The number of carbonyl (C=O) groups excluding carboxylic acids is 1. The third-order valence-electron chi connectivity index (χ3n) is 5.92. The number of quaternary nitrogens is 1. The van der Waals surface area contributed by atoms with Crippen molar-refractivity contribution in [1.29, 1.82) is 0 Å². The van der Waals surface area contributed by atoms with Crippen LogP contribution in [-0.4, -0.2) is 32.8 Å². The van der Waals surface area contributed by atoms with Crippen LogP contribution in [0.3, 0.4) is 0 Å². The van der Waals surface area contributed by atoms with E-state index in [2.05, 4.69) is 43.4 Å². The molecule has 6 heteroatoms. The number of carbonyl (C=O) groups is 1. The Bertz CT molecular complexity index is 1150. The molecule has 1 fully saturated rings. The minimum Gasteiger partial charge on any atom is -0.347 e. The second-order valence-corrected chi connectivity index (χ2v) is 10.0. The summed E-state index contributed by atoms with van der Waals surface area (Å²) in [6.45, 7) is 9.16. The zero-order chi connectivity index (χ0) is 22.2. The van der Waals surface area contributed by atoms with Gasteiger partial charge in [0.15, 0.2) is 5.69 Å². The van der Waals surface area contributed by atoms with Gasteiger partial charge in [-0.05, 0) is 39.3 Å². The molecule has 162 valence electrons. The molecule has 0 spiro atoms. The molecule has 2 heterocycles. The number of aromatic nitrogens is 2. The van der Waals surface area contributed by atoms with Crippen molar-refractivity contribution in [3.63, 3.8) is 0 Å². The van der Waals surface area contributed by atoms with Crippen LogP contribution in [0, 0.1) is 0 Å². The second kappa shape index (κ2) is 7.93. The molecule has 0 radical (unpaired) electrons. The van der Waals surface area contributed by atoms with Gasteiger partial charge in [-0.1, -0.05) is 48.5 Å². The van der Waals surface area contributed by atoms with E-state index in [1.807, 2.05) is 42.5 Å². The SMILES string of the molecule is CC1(C)CC(NC(=O)c2nn(Cc3ccccc3)c(=O)c3ccccc23)CC(C)(C)[NH2+]1. The molecule has 1 saturated heterocycles. The fourth-order valence-corrected chi connectivity index (χ4v) is 5.14. The van der Waals surface area contributed by atoms with E-state index >= 15 is 0 Å². The molecule has 1 aliphatic heterocycles. The molecule has 0 saturated carbocycles. The summed E-state index contributed by atoms with van der Waals surface area (Å²) in [6, 6.07) is 17.0. The van der Waals surface area contributed by atoms with Gasteiger partial charge in [0.1, 0.15) is 0 Å². The minimum absolute atomic E-state index is 0.0429. The van der Waals surface area contributed by atoms with E-state index in [-0.39, 0.29) is 28.6 Å². The number of fused-ring (bicyclic) bond motifs is 1. The number of benzene rings is 2. The number of hydrogen-bond acceptors (Lipinski definition) is 3. The van der Waals surface area contributed by atoms with Crippen molar-refractivity contribution in [3.05, 3.63) is 76.2 Å². The molecule has 6 nitrogen and oxygen atoms in total. The Morgan fingerprint density at radius 2 is 1.58 bits per heavy atom. The van der Waals surface area contributed by atoms with Crippen LogP contribution in [-0.2, 0) is 6.54 Å². The first-order valence-electron chi connectivity index (χ1n) is 10.9. The molecule has 1 aromatic heterocycles. The summed E-state index contributed by atoms with van der Waals surface area (Å²) in [5, 5.41) is 11.2. The van der Waals surface area contributed by atoms with Crippen LogP contribution < -0.4 is 16.2 Å². The Morgan fingerprint density at radius 3 is 2.23 bits per heavy atom. The Hall–Kier alpha value is -2.99. The minimum atomic E-state index is -0.225. The number of nitrogens with one attached hydrogen (secondary N) is 1. The molecule has 3 aromatic rings. The van der Waals surface area contributed by atoms with Gasteiger partial charge in [0.25, 0.3) is 11.5 Å². The summed E-state index contributed by atoms with van der Waals surface area (Å²) >= 11 is 0. The smallest absolute Gasteiger partial charge is 0.274 e. The zero-order valence-corrected chi connectivity index (χ0v) is 18.7. The van der Waals surface area contributed by atoms with Crippen molar-refractivity contribution in [2.75, 3.05) is 0 Å². The third-order valence-corrected chi connectivity index (χ3v) is 5.92. The normalized spacial score (nSPS) is 18.1. The molecule has 0 atom stereocenters. The van der Waals surface area contributed by atoms with Crippen molar-refractivity contribution < 1.29 is 10.1 Å². The van der Waals surface area contributed by atoms with Gasteiger partial charge in [0.2, 0.25) is 0 Å². The molecule has 3 N–H and O–H groups in total. The van der Waals surface area contributed by atoms with E-state index in [9.17, 15) is 9.59 Å². The van der Waals surface area contributed by atoms with E-state index in [0.717, 1.165) is 18.4 Å². The van der Waals surface area contributed by atoms with Gasteiger partial charge in [0, 0.05) is 24.3 Å². The van der Waals surface area contributed by atoms with Crippen molar-refractivity contribution in [1.82, 2.24) is 15.1 Å². The Labute approximate surface area is 182 Å². The number of nitrogens with zero attached hydrogens (tertiary/aromatic N) is 2. The summed E-state index contributed by atoms with van der Waals surface area (Å²) in [5.41, 5.74) is 1.16. The first-order chi connectivity index (χ1) is 14.6. The average Bonchev–Trinajstić information content (AvgIpc) is 2.68. The van der Waals surface area contributed by atoms with Crippen LogP contribution in [0.5, 0.6) is 0 Å². The largest absolute Gasteiger partial charge is 0.347 e. The van der Waals surface area contributed by atoms with Gasteiger partial charge in [-0.15, -0.1) is 0 Å². The number of piperidine rings is 1. The summed E-state index contributed by atoms with van der Waals surface area (Å²) in [5.74, 6) is -0.225. The van der Waals surface area contributed by atoms with Crippen molar-refractivity contribution in [2.24, 2.45) is 0 Å². The molecule has 1 aliphatic rings. The zero-order valence-electron chi connectivity index (χ0n) is 18.7.